The van der Waals surface area contributed by atoms with Gasteiger partial charge in [-0.05, 0) is 170 Å². The van der Waals surface area contributed by atoms with Crippen LogP contribution in [0.1, 0.15) is 137 Å². The maximum Gasteiger partial charge on any atom is 0.349 e. The van der Waals surface area contributed by atoms with Crippen molar-refractivity contribution in [1.82, 2.24) is 54.1 Å². The van der Waals surface area contributed by atoms with Gasteiger partial charge in [0, 0.05) is 137 Å². The van der Waals surface area contributed by atoms with Gasteiger partial charge in [0.15, 0.2) is 0 Å². The van der Waals surface area contributed by atoms with Crippen LogP contribution in [0.3, 0.4) is 0 Å². The summed E-state index contributed by atoms with van der Waals surface area (Å²) in [6, 6.07) is 7.29. The Kier molecular flexibility index (Phi) is 16.4. The molecule has 9 amide bonds. The largest absolute Gasteiger partial charge is 0.422 e. The molecule has 11 aliphatic heterocycles. The number of nitrogens with zero attached hydrogens (tertiary/aromatic N) is 13. The van der Waals surface area contributed by atoms with Crippen molar-refractivity contribution in [3.63, 3.8) is 0 Å². The van der Waals surface area contributed by atoms with Crippen LogP contribution in [-0.4, -0.2) is 247 Å². The van der Waals surface area contributed by atoms with Crippen molar-refractivity contribution in [2.24, 2.45) is 0 Å². The number of anilines is 2. The van der Waals surface area contributed by atoms with E-state index in [4.69, 9.17) is 4.42 Å². The number of amides is 9. The van der Waals surface area contributed by atoms with E-state index in [-0.39, 0.29) is 59.4 Å². The molecule has 0 radical (unpaired) electrons. The van der Waals surface area contributed by atoms with Gasteiger partial charge in [-0.2, -0.15) is 0 Å². The Morgan fingerprint density at radius 2 is 0.792 bits per heavy atom. The zero-order chi connectivity index (χ0) is 65.6. The molecule has 11 aliphatic rings. The monoisotopic (exact) mass is 1310 g/mol. The molecule has 9 fully saturated rings. The Hall–Kier alpha value is -8.70. The van der Waals surface area contributed by atoms with E-state index in [0.29, 0.717) is 186 Å². The standard InChI is InChI=1S/C72H85N13O11/c86-63(49-42-46-41-45-14-3-27-76-28-4-16-48(61(45)76)62(46)96-72(49)95)78-29-6-18-51(78)65(88)80-31-8-20-53(80)67(90)82-33-10-22-55(82)69(92)84-35-12-24-57(84)71(94)85-36-11-23-56(85)70(93)83-34-9-21-54(83)68(91)81-32-7-19-52(81)66(89)79-30-5-17-50(79)64(87)77-39-37-75(38-40-77)58-43-44-13-1-25-73-59(44)60-47(58)15-2-26-74-60/h1-2,13,15,25-26,41-43,50-57H,3-12,14,16-24,27-40H2/t50-,51-,52-,53-,54-,55-,56-,57-/m0/s1. The van der Waals surface area contributed by atoms with Gasteiger partial charge >= 0.3 is 5.63 Å². The summed E-state index contributed by atoms with van der Waals surface area (Å²) < 4.78 is 6.00. The highest BCUT2D eigenvalue weighted by Gasteiger charge is 2.52. The fourth-order valence-corrected chi connectivity index (χ4v) is 18.8. The van der Waals surface area contributed by atoms with Gasteiger partial charge < -0.3 is 58.3 Å². The number of aromatic nitrogens is 2. The zero-order valence-corrected chi connectivity index (χ0v) is 54.7. The third-order valence-corrected chi connectivity index (χ3v) is 23.4. The molecule has 0 aliphatic carbocycles. The van der Waals surface area contributed by atoms with Gasteiger partial charge in [-0.15, -0.1) is 0 Å². The minimum absolute atomic E-state index is 0.0749. The van der Waals surface area contributed by atoms with Crippen molar-refractivity contribution < 1.29 is 47.6 Å². The van der Waals surface area contributed by atoms with Crippen LogP contribution in [0.5, 0.6) is 0 Å². The normalized spacial score (nSPS) is 26.8. The maximum absolute atomic E-state index is 14.9. The van der Waals surface area contributed by atoms with Crippen molar-refractivity contribution in [3.05, 3.63) is 82.0 Å². The van der Waals surface area contributed by atoms with Crippen LogP contribution in [0.25, 0.3) is 32.8 Å². The summed E-state index contributed by atoms with van der Waals surface area (Å²) in [4.78, 5) is 175. The first-order valence-electron chi connectivity index (χ1n) is 35.8. The third-order valence-electron chi connectivity index (χ3n) is 23.4. The van der Waals surface area contributed by atoms with Crippen molar-refractivity contribution in [3.8, 4) is 0 Å². The summed E-state index contributed by atoms with van der Waals surface area (Å²) in [5, 5.41) is 2.70. The van der Waals surface area contributed by atoms with Gasteiger partial charge in [-0.25, -0.2) is 4.79 Å². The molecule has 504 valence electrons. The number of hydrogen-bond donors (Lipinski definition) is 0. The number of carbonyl (C=O) groups is 9. The van der Waals surface area contributed by atoms with Crippen molar-refractivity contribution in [2.45, 2.75) is 177 Å². The summed E-state index contributed by atoms with van der Waals surface area (Å²) in [6.07, 6.45) is 15.2. The van der Waals surface area contributed by atoms with Crippen LogP contribution < -0.4 is 15.4 Å². The van der Waals surface area contributed by atoms with E-state index < -0.39 is 59.9 Å². The van der Waals surface area contributed by atoms with Crippen LogP contribution in [0.4, 0.5) is 11.4 Å². The predicted molar refractivity (Wildman–Crippen MR) is 354 cm³/mol. The summed E-state index contributed by atoms with van der Waals surface area (Å²) in [5.74, 6) is -2.80. The third kappa shape index (κ3) is 10.6. The van der Waals surface area contributed by atoms with E-state index in [1.54, 1.807) is 52.8 Å². The highest BCUT2D eigenvalue weighted by Crippen LogP contribution is 2.42. The minimum Gasteiger partial charge on any atom is -0.422 e. The Labute approximate surface area is 556 Å². The molecule has 0 N–H and O–H groups in total. The smallest absolute Gasteiger partial charge is 0.349 e. The second-order valence-electron chi connectivity index (χ2n) is 28.6. The molecule has 2 aromatic carbocycles. The predicted octanol–water partition coefficient (Wildman–Crippen LogP) is 4.48. The second kappa shape index (κ2) is 25.4. The first-order valence-corrected chi connectivity index (χ1v) is 35.8. The molecule has 8 atom stereocenters. The summed E-state index contributed by atoms with van der Waals surface area (Å²) >= 11 is 0. The first kappa shape index (κ1) is 62.1. The van der Waals surface area contributed by atoms with Gasteiger partial charge in [-0.3, -0.25) is 53.1 Å². The number of hydrogen-bond acceptors (Lipinski definition) is 15. The van der Waals surface area contributed by atoms with E-state index >= 15 is 0 Å². The summed E-state index contributed by atoms with van der Waals surface area (Å²) in [6.45, 7) is 6.73. The zero-order valence-electron chi connectivity index (χ0n) is 54.7. The van der Waals surface area contributed by atoms with E-state index in [1.807, 2.05) is 29.2 Å². The van der Waals surface area contributed by atoms with E-state index in [9.17, 15) is 47.9 Å². The van der Waals surface area contributed by atoms with Gasteiger partial charge in [-0.1, -0.05) is 6.07 Å². The van der Waals surface area contributed by atoms with Crippen molar-refractivity contribution >= 4 is 97.3 Å². The minimum atomic E-state index is -0.882. The summed E-state index contributed by atoms with van der Waals surface area (Å²) in [7, 11) is 0. The van der Waals surface area contributed by atoms with E-state index in [2.05, 4.69) is 31.9 Å². The quantitative estimate of drug-likeness (QED) is 0.138. The number of carbonyl (C=O) groups excluding carboxylic acids is 9. The molecular weight excluding hydrogens is 1220 g/mol. The molecular formula is C72H85N13O11. The fraction of sp³-hybridized carbons (Fsp3) is 0.583. The number of piperazine rings is 1. The number of pyridine rings is 2. The van der Waals surface area contributed by atoms with Crippen LogP contribution in [0.2, 0.25) is 0 Å². The molecule has 14 heterocycles. The number of fused-ring (bicyclic) bond motifs is 5. The number of aryl methyl sites for hydroxylation is 2. The number of likely N-dealkylation sites (tertiary alicyclic amines) is 8. The molecule has 0 unspecified atom stereocenters. The van der Waals surface area contributed by atoms with Gasteiger partial charge in [0.25, 0.3) is 5.91 Å². The molecule has 0 saturated carbocycles. The van der Waals surface area contributed by atoms with Crippen LogP contribution in [-0.2, 0) is 51.2 Å². The highest BCUT2D eigenvalue weighted by atomic mass is 16.4. The van der Waals surface area contributed by atoms with Crippen LogP contribution >= 0.6 is 0 Å². The van der Waals surface area contributed by atoms with E-state index in [1.165, 1.54) is 10.5 Å². The molecule has 5 aromatic rings. The van der Waals surface area contributed by atoms with Crippen molar-refractivity contribution in [1.29, 1.82) is 0 Å². The van der Waals surface area contributed by atoms with Gasteiger partial charge in [0.2, 0.25) is 47.3 Å². The molecule has 0 bridgehead atoms. The molecule has 9 saturated heterocycles. The Balaban J connectivity index is 0.544. The lowest BCUT2D eigenvalue weighted by molar-refractivity contribution is -0.155. The number of rotatable bonds is 10. The van der Waals surface area contributed by atoms with E-state index in [0.717, 1.165) is 77.5 Å². The molecule has 16 rings (SSSR count). The van der Waals surface area contributed by atoms with Crippen molar-refractivity contribution in [2.75, 3.05) is 101 Å². The Morgan fingerprint density at radius 3 is 1.26 bits per heavy atom. The Bertz CT molecular complexity index is 4090. The molecule has 3 aromatic heterocycles. The lowest BCUT2D eigenvalue weighted by Gasteiger charge is -2.39. The fourth-order valence-electron chi connectivity index (χ4n) is 18.8. The Morgan fingerprint density at radius 1 is 0.385 bits per heavy atom. The molecule has 96 heavy (non-hydrogen) atoms. The molecule has 24 nitrogen and oxygen atoms in total. The second-order valence-corrected chi connectivity index (χ2v) is 28.6. The van der Waals surface area contributed by atoms with Gasteiger partial charge in [0.1, 0.15) is 59.5 Å². The lowest BCUT2D eigenvalue weighted by Crippen LogP contribution is -2.59. The topological polar surface area (TPSA) is 245 Å². The SMILES string of the molecule is O=C([C@@H]1CCCN1C(=O)[C@@H]1CCCN1C(=O)[C@@H]1CCCN1C(=O)[C@@H]1CCCN1C(=O)[C@@H]1CCCN1C(=O)[C@@H]1CCCN1C(=O)[C@@H]1CCCN1C(=O)[C@@H]1CCCN1C(=O)c1cc2cc3c4c(c2oc1=O)CCCN4CCC3)N1CCN(c2cc3cccnc3c3ncccc23)CC1. The van der Waals surface area contributed by atoms with Crippen LogP contribution in [0, 0.1) is 0 Å². The molecule has 24 heteroatoms. The van der Waals surface area contributed by atoms with Gasteiger partial charge in [0.05, 0.1) is 11.0 Å². The summed E-state index contributed by atoms with van der Waals surface area (Å²) in [5.41, 5.74) is 5.78. The molecule has 0 spiro atoms. The first-order chi connectivity index (χ1) is 46.8. The van der Waals surface area contributed by atoms with Crippen LogP contribution in [0.15, 0.2) is 64.1 Å². The number of benzene rings is 2. The highest BCUT2D eigenvalue weighted by molar-refractivity contribution is 6.09. The average molecular weight is 1310 g/mol. The lowest BCUT2D eigenvalue weighted by atomic mass is 9.90. The average Bonchev–Trinajstić information content (AvgIpc) is 0.994. The maximum atomic E-state index is 14.9.